The number of rotatable bonds is 6. The van der Waals surface area contributed by atoms with Crippen LogP contribution in [0, 0.1) is 0 Å². The zero-order valence-electron chi connectivity index (χ0n) is 12.9. The van der Waals surface area contributed by atoms with Gasteiger partial charge in [0.1, 0.15) is 17.2 Å². The number of phenols is 2. The van der Waals surface area contributed by atoms with Crippen LogP contribution in [0.2, 0.25) is 5.02 Å². The number of Topliss-reactive ketones (excluding diaryl/α,β-unsaturated/α-hetero) is 1. The summed E-state index contributed by atoms with van der Waals surface area (Å²) in [6, 6.07) is 9.42. The van der Waals surface area contributed by atoms with Crippen LogP contribution in [0.4, 0.5) is 0 Å². The highest BCUT2D eigenvalue weighted by Crippen LogP contribution is 2.31. The van der Waals surface area contributed by atoms with Crippen molar-refractivity contribution >= 4 is 17.4 Å². The maximum atomic E-state index is 12.2. The van der Waals surface area contributed by atoms with Crippen molar-refractivity contribution in [2.24, 2.45) is 0 Å². The van der Waals surface area contributed by atoms with E-state index in [2.05, 4.69) is 0 Å². The monoisotopic (exact) mass is 335 g/mol. The van der Waals surface area contributed by atoms with Crippen LogP contribution in [0.3, 0.4) is 0 Å². The third-order valence-corrected chi connectivity index (χ3v) is 3.47. The molecule has 2 N–H and O–H groups in total. The highest BCUT2D eigenvalue weighted by Gasteiger charge is 2.18. The molecule has 122 valence electrons. The number of nitrogens with zero attached hydrogens (tertiary/aromatic N) is 1. The molecule has 0 heterocycles. The number of phenolic OH excluding ortho intramolecular Hbond substituents is 2. The summed E-state index contributed by atoms with van der Waals surface area (Å²) in [5.74, 6) is -0.137. The first kappa shape index (κ1) is 17.1. The topological polar surface area (TPSA) is 70.0 Å². The number of ether oxygens (including phenoxy) is 1. The minimum atomic E-state index is -0.377. The zero-order chi connectivity index (χ0) is 17.0. The Hall–Kier alpha value is -2.24. The molecule has 2 aromatic rings. The van der Waals surface area contributed by atoms with Gasteiger partial charge in [-0.2, -0.15) is 0 Å². The van der Waals surface area contributed by atoms with Gasteiger partial charge in [0.05, 0.1) is 11.1 Å². The van der Waals surface area contributed by atoms with Crippen LogP contribution in [0.25, 0.3) is 0 Å². The van der Waals surface area contributed by atoms with Crippen LogP contribution in [0.5, 0.6) is 17.2 Å². The Bertz CT molecular complexity index is 698. The Balaban J connectivity index is 2.14. The van der Waals surface area contributed by atoms with Crippen molar-refractivity contribution in [2.75, 3.05) is 20.7 Å². The van der Waals surface area contributed by atoms with E-state index in [-0.39, 0.29) is 29.5 Å². The lowest BCUT2D eigenvalue weighted by molar-refractivity contribution is 0.0918. The average molecular weight is 336 g/mol. The smallest absolute Gasteiger partial charge is 0.203 e. The predicted molar refractivity (Wildman–Crippen MR) is 88.4 cm³/mol. The molecule has 5 nitrogen and oxygen atoms in total. The van der Waals surface area contributed by atoms with Gasteiger partial charge in [-0.1, -0.05) is 11.6 Å². The number of ketones is 1. The molecule has 0 aliphatic carbocycles. The Kier molecular flexibility index (Phi) is 5.47. The van der Waals surface area contributed by atoms with E-state index in [1.54, 1.807) is 43.3 Å². The molecule has 2 aromatic carbocycles. The number of aromatic hydroxyl groups is 2. The summed E-state index contributed by atoms with van der Waals surface area (Å²) in [6.07, 6.45) is 0. The number of carbonyl (C=O) groups is 1. The van der Waals surface area contributed by atoms with Gasteiger partial charge in [-0.05, 0) is 50.5 Å². The Morgan fingerprint density at radius 2 is 1.78 bits per heavy atom. The molecule has 0 atom stereocenters. The summed E-state index contributed by atoms with van der Waals surface area (Å²) in [4.78, 5) is 14.0. The van der Waals surface area contributed by atoms with Crippen molar-refractivity contribution in [2.45, 2.75) is 6.54 Å². The van der Waals surface area contributed by atoms with Gasteiger partial charge in [0.2, 0.25) is 5.78 Å². The largest absolute Gasteiger partial charge is 0.507 e. The summed E-state index contributed by atoms with van der Waals surface area (Å²) < 4.78 is 5.39. The van der Waals surface area contributed by atoms with Gasteiger partial charge in [0, 0.05) is 11.6 Å². The lowest BCUT2D eigenvalue weighted by atomic mass is 10.0. The maximum Gasteiger partial charge on any atom is 0.203 e. The SMILES string of the molecule is CN(C)Cc1c(O)ccc(C(=O)COc2ccc(Cl)cc2)c1O. The van der Waals surface area contributed by atoms with Crippen molar-refractivity contribution in [1.82, 2.24) is 4.90 Å². The highest BCUT2D eigenvalue weighted by molar-refractivity contribution is 6.30. The Labute approximate surface area is 139 Å². The predicted octanol–water partition coefficient (Wildman–Crippen LogP) is 3.07. The standard InChI is InChI=1S/C17H18ClNO4/c1-19(2)9-14-15(20)8-7-13(17(14)22)16(21)10-23-12-5-3-11(18)4-6-12/h3-8,20,22H,9-10H2,1-2H3. The van der Waals surface area contributed by atoms with Gasteiger partial charge in [0.15, 0.2) is 6.61 Å². The highest BCUT2D eigenvalue weighted by atomic mass is 35.5. The Morgan fingerprint density at radius 3 is 2.39 bits per heavy atom. The molecule has 0 aromatic heterocycles. The van der Waals surface area contributed by atoms with Crippen LogP contribution in [0.1, 0.15) is 15.9 Å². The van der Waals surface area contributed by atoms with Crippen LogP contribution in [-0.2, 0) is 6.54 Å². The van der Waals surface area contributed by atoms with Crippen molar-refractivity contribution in [3.8, 4) is 17.2 Å². The van der Waals surface area contributed by atoms with Gasteiger partial charge >= 0.3 is 0 Å². The van der Waals surface area contributed by atoms with E-state index in [0.717, 1.165) is 0 Å². The fourth-order valence-corrected chi connectivity index (χ4v) is 2.21. The summed E-state index contributed by atoms with van der Waals surface area (Å²) in [7, 11) is 3.61. The summed E-state index contributed by atoms with van der Waals surface area (Å²) in [5, 5.41) is 20.7. The van der Waals surface area contributed by atoms with Crippen LogP contribution >= 0.6 is 11.6 Å². The van der Waals surface area contributed by atoms with Gasteiger partial charge in [-0.3, -0.25) is 4.79 Å². The molecule has 0 fully saturated rings. The molecular weight excluding hydrogens is 318 g/mol. The van der Waals surface area contributed by atoms with Crippen molar-refractivity contribution in [3.05, 3.63) is 52.5 Å². The molecule has 0 unspecified atom stereocenters. The second-order valence-corrected chi connectivity index (χ2v) is 5.80. The third kappa shape index (κ3) is 4.37. The molecule has 0 bridgehead atoms. The van der Waals surface area contributed by atoms with Gasteiger partial charge in [0.25, 0.3) is 0 Å². The van der Waals surface area contributed by atoms with Crippen molar-refractivity contribution < 1.29 is 19.7 Å². The fraction of sp³-hybridized carbons (Fsp3) is 0.235. The van der Waals surface area contributed by atoms with E-state index < -0.39 is 0 Å². The van der Waals surface area contributed by atoms with E-state index in [4.69, 9.17) is 16.3 Å². The van der Waals surface area contributed by atoms with Crippen LogP contribution in [-0.4, -0.2) is 41.6 Å². The van der Waals surface area contributed by atoms with E-state index in [9.17, 15) is 15.0 Å². The first-order valence-electron chi connectivity index (χ1n) is 6.98. The second-order valence-electron chi connectivity index (χ2n) is 5.36. The summed E-state index contributed by atoms with van der Waals surface area (Å²) in [5.41, 5.74) is 0.431. The first-order valence-corrected chi connectivity index (χ1v) is 7.36. The molecular formula is C17H18ClNO4. The van der Waals surface area contributed by atoms with Crippen molar-refractivity contribution in [1.29, 1.82) is 0 Å². The molecule has 0 saturated heterocycles. The number of hydrogen-bond acceptors (Lipinski definition) is 5. The van der Waals surface area contributed by atoms with Gasteiger partial charge in [-0.25, -0.2) is 0 Å². The molecule has 23 heavy (non-hydrogen) atoms. The van der Waals surface area contributed by atoms with Crippen molar-refractivity contribution in [3.63, 3.8) is 0 Å². The third-order valence-electron chi connectivity index (χ3n) is 3.22. The molecule has 0 amide bonds. The number of halogens is 1. The van der Waals surface area contributed by atoms with E-state index in [1.807, 2.05) is 0 Å². The van der Waals surface area contributed by atoms with E-state index in [0.29, 0.717) is 22.9 Å². The van der Waals surface area contributed by atoms with E-state index in [1.165, 1.54) is 12.1 Å². The zero-order valence-corrected chi connectivity index (χ0v) is 13.7. The van der Waals surface area contributed by atoms with Crippen LogP contribution in [0.15, 0.2) is 36.4 Å². The second kappa shape index (κ2) is 7.35. The fourth-order valence-electron chi connectivity index (χ4n) is 2.08. The quantitative estimate of drug-likeness (QED) is 0.794. The average Bonchev–Trinajstić information content (AvgIpc) is 2.50. The summed E-state index contributed by atoms with van der Waals surface area (Å²) in [6.45, 7) is 0.0954. The normalized spacial score (nSPS) is 10.8. The lowest BCUT2D eigenvalue weighted by Gasteiger charge is -2.15. The number of hydrogen-bond donors (Lipinski definition) is 2. The molecule has 6 heteroatoms. The lowest BCUT2D eigenvalue weighted by Crippen LogP contribution is -2.14. The van der Waals surface area contributed by atoms with Crippen LogP contribution < -0.4 is 4.74 Å². The molecule has 0 aliphatic heterocycles. The van der Waals surface area contributed by atoms with E-state index >= 15 is 0 Å². The molecule has 2 rings (SSSR count). The molecule has 0 saturated carbocycles. The number of carbonyl (C=O) groups excluding carboxylic acids is 1. The Morgan fingerprint density at radius 1 is 1.13 bits per heavy atom. The minimum Gasteiger partial charge on any atom is -0.507 e. The first-order chi connectivity index (χ1) is 10.9. The maximum absolute atomic E-state index is 12.2. The van der Waals surface area contributed by atoms with Gasteiger partial charge in [-0.15, -0.1) is 0 Å². The molecule has 0 radical (unpaired) electrons. The van der Waals surface area contributed by atoms with Gasteiger partial charge < -0.3 is 19.8 Å². The summed E-state index contributed by atoms with van der Waals surface area (Å²) >= 11 is 5.78. The minimum absolute atomic E-state index is 0.0497. The number of benzene rings is 2. The molecule has 0 spiro atoms. The molecule has 0 aliphatic rings.